The van der Waals surface area contributed by atoms with Crippen molar-refractivity contribution in [2.75, 3.05) is 0 Å². The Labute approximate surface area is 154 Å². The van der Waals surface area contributed by atoms with E-state index in [1.54, 1.807) is 4.57 Å². The number of hydrogen-bond donors (Lipinski definition) is 3. The van der Waals surface area contributed by atoms with Gasteiger partial charge in [0.15, 0.2) is 4.80 Å². The van der Waals surface area contributed by atoms with Gasteiger partial charge < -0.3 is 19.9 Å². The van der Waals surface area contributed by atoms with E-state index in [0.29, 0.717) is 11.3 Å². The first-order chi connectivity index (χ1) is 11.7. The number of benzene rings is 1. The van der Waals surface area contributed by atoms with Crippen molar-refractivity contribution in [1.82, 2.24) is 4.57 Å². The van der Waals surface area contributed by atoms with Crippen LogP contribution in [0.3, 0.4) is 0 Å². The second kappa shape index (κ2) is 9.87. The third-order valence-electron chi connectivity index (χ3n) is 2.72. The lowest BCUT2D eigenvalue weighted by molar-refractivity contribution is -0.159. The fourth-order valence-electron chi connectivity index (χ4n) is 1.64. The molecule has 134 valence electrons. The standard InChI is InChI=1S/C13H13BrN2O2S.C2H2O4/c1-9(17)15-13-16(6-7-19-13)8-12(18)10-2-4-11(14)5-3-10;3-1(4)2(5)6/h2-7,12,18H,8H2,1H3;(H,3,4)(H,5,6). The normalized spacial score (nSPS) is 12.0. The van der Waals surface area contributed by atoms with Crippen molar-refractivity contribution in [1.29, 1.82) is 0 Å². The molecule has 1 atom stereocenters. The second-order valence-electron chi connectivity index (χ2n) is 4.65. The van der Waals surface area contributed by atoms with Crippen molar-refractivity contribution in [2.45, 2.75) is 19.6 Å². The number of halogens is 1. The molecule has 1 aromatic heterocycles. The highest BCUT2D eigenvalue weighted by Gasteiger charge is 2.09. The summed E-state index contributed by atoms with van der Waals surface area (Å²) in [5.41, 5.74) is 0.829. The van der Waals surface area contributed by atoms with Crippen LogP contribution in [0.5, 0.6) is 0 Å². The molecule has 0 bridgehead atoms. The molecule has 0 radical (unpaired) electrons. The van der Waals surface area contributed by atoms with E-state index in [9.17, 15) is 9.90 Å². The first-order valence-electron chi connectivity index (χ1n) is 6.79. The van der Waals surface area contributed by atoms with Gasteiger partial charge in [-0.1, -0.05) is 28.1 Å². The quantitative estimate of drug-likeness (QED) is 0.634. The molecule has 3 N–H and O–H groups in total. The summed E-state index contributed by atoms with van der Waals surface area (Å²) in [7, 11) is 0. The molecule has 8 nitrogen and oxygen atoms in total. The Morgan fingerprint density at radius 2 is 1.76 bits per heavy atom. The van der Waals surface area contributed by atoms with Gasteiger partial charge in [-0.2, -0.15) is 4.99 Å². The van der Waals surface area contributed by atoms with Crippen LogP contribution < -0.4 is 4.80 Å². The number of aliphatic hydroxyl groups excluding tert-OH is 1. The van der Waals surface area contributed by atoms with Crippen LogP contribution in [0.25, 0.3) is 0 Å². The molecule has 1 aromatic carbocycles. The van der Waals surface area contributed by atoms with E-state index in [2.05, 4.69) is 20.9 Å². The number of nitrogens with zero attached hydrogens (tertiary/aromatic N) is 2. The highest BCUT2D eigenvalue weighted by Crippen LogP contribution is 2.18. The fourth-order valence-corrected chi connectivity index (χ4v) is 2.68. The molecule has 10 heteroatoms. The van der Waals surface area contributed by atoms with E-state index in [-0.39, 0.29) is 5.91 Å². The maximum atomic E-state index is 11.0. The number of thiazole rings is 1. The summed E-state index contributed by atoms with van der Waals surface area (Å²) >= 11 is 4.73. The predicted molar refractivity (Wildman–Crippen MR) is 92.9 cm³/mol. The molecule has 0 saturated heterocycles. The largest absolute Gasteiger partial charge is 0.473 e. The Bertz CT molecular complexity index is 800. The highest BCUT2D eigenvalue weighted by atomic mass is 79.9. The van der Waals surface area contributed by atoms with Crippen LogP contribution in [0.1, 0.15) is 18.6 Å². The van der Waals surface area contributed by atoms with Crippen molar-refractivity contribution in [2.24, 2.45) is 4.99 Å². The minimum Gasteiger partial charge on any atom is -0.473 e. The Kier molecular flexibility index (Phi) is 8.19. The van der Waals surface area contributed by atoms with E-state index in [1.165, 1.54) is 18.3 Å². The summed E-state index contributed by atoms with van der Waals surface area (Å²) in [6.07, 6.45) is 1.18. The Hall–Kier alpha value is -2.30. The summed E-state index contributed by atoms with van der Waals surface area (Å²) in [5, 5.41) is 26.8. The number of carbonyl (C=O) groups excluding carboxylic acids is 1. The third kappa shape index (κ3) is 7.42. The van der Waals surface area contributed by atoms with E-state index in [4.69, 9.17) is 19.8 Å². The number of aromatic nitrogens is 1. The van der Waals surface area contributed by atoms with Gasteiger partial charge in [-0.15, -0.1) is 11.3 Å². The average Bonchev–Trinajstić information content (AvgIpc) is 2.94. The van der Waals surface area contributed by atoms with Crippen LogP contribution in [0, 0.1) is 0 Å². The van der Waals surface area contributed by atoms with Gasteiger partial charge in [0, 0.05) is 23.0 Å². The van der Waals surface area contributed by atoms with Crippen LogP contribution in [-0.2, 0) is 20.9 Å². The van der Waals surface area contributed by atoms with Gasteiger partial charge in [0.2, 0.25) is 5.91 Å². The third-order valence-corrected chi connectivity index (χ3v) is 4.04. The molecule has 0 saturated carbocycles. The monoisotopic (exact) mass is 430 g/mol. The smallest absolute Gasteiger partial charge is 0.414 e. The number of carboxylic acids is 2. The molecule has 1 heterocycles. The molecule has 25 heavy (non-hydrogen) atoms. The van der Waals surface area contributed by atoms with Gasteiger partial charge in [-0.05, 0) is 17.7 Å². The van der Waals surface area contributed by atoms with Gasteiger partial charge in [-0.3, -0.25) is 4.79 Å². The number of rotatable bonds is 3. The Morgan fingerprint density at radius 1 is 1.20 bits per heavy atom. The zero-order valence-electron chi connectivity index (χ0n) is 13.0. The molecule has 1 unspecified atom stereocenters. The van der Waals surface area contributed by atoms with Crippen LogP contribution in [0.2, 0.25) is 0 Å². The van der Waals surface area contributed by atoms with E-state index < -0.39 is 18.0 Å². The number of carboxylic acid groups (broad SMARTS) is 2. The van der Waals surface area contributed by atoms with Crippen molar-refractivity contribution >= 4 is 45.1 Å². The summed E-state index contributed by atoms with van der Waals surface area (Å²) < 4.78 is 2.75. The Morgan fingerprint density at radius 3 is 2.24 bits per heavy atom. The molecule has 0 aliphatic carbocycles. The zero-order chi connectivity index (χ0) is 19.0. The van der Waals surface area contributed by atoms with Crippen LogP contribution >= 0.6 is 27.3 Å². The van der Waals surface area contributed by atoms with Gasteiger partial charge in [0.1, 0.15) is 0 Å². The van der Waals surface area contributed by atoms with Gasteiger partial charge in [0.05, 0.1) is 12.6 Å². The van der Waals surface area contributed by atoms with E-state index >= 15 is 0 Å². The zero-order valence-corrected chi connectivity index (χ0v) is 15.4. The lowest BCUT2D eigenvalue weighted by Gasteiger charge is -2.11. The summed E-state index contributed by atoms with van der Waals surface area (Å²) in [6.45, 7) is 1.78. The fraction of sp³-hybridized carbons (Fsp3) is 0.200. The second-order valence-corrected chi connectivity index (χ2v) is 6.44. The number of carbonyl (C=O) groups is 3. The molecule has 0 aliphatic heterocycles. The van der Waals surface area contributed by atoms with Crippen molar-refractivity contribution in [3.8, 4) is 0 Å². The lowest BCUT2D eigenvalue weighted by atomic mass is 10.1. The Balaban J connectivity index is 0.000000450. The van der Waals surface area contributed by atoms with E-state index in [1.807, 2.05) is 35.8 Å². The van der Waals surface area contributed by atoms with Crippen LogP contribution in [-0.4, -0.2) is 37.7 Å². The molecule has 2 aromatic rings. The van der Waals surface area contributed by atoms with Gasteiger partial charge in [-0.25, -0.2) is 9.59 Å². The number of aliphatic hydroxyl groups is 1. The number of hydrogen-bond acceptors (Lipinski definition) is 5. The predicted octanol–water partition coefficient (Wildman–Crippen LogP) is 1.65. The molecule has 0 fully saturated rings. The van der Waals surface area contributed by atoms with E-state index in [0.717, 1.165) is 10.0 Å². The van der Waals surface area contributed by atoms with Crippen molar-refractivity contribution < 1.29 is 29.7 Å². The average molecular weight is 431 g/mol. The first-order valence-corrected chi connectivity index (χ1v) is 8.47. The molecule has 0 aliphatic rings. The SMILES string of the molecule is CC(=O)N=c1sccn1CC(O)c1ccc(Br)cc1.O=C(O)C(=O)O. The number of amides is 1. The summed E-state index contributed by atoms with van der Waals surface area (Å²) in [5.74, 6) is -3.89. The molecule has 1 amide bonds. The lowest BCUT2D eigenvalue weighted by Crippen LogP contribution is -2.19. The highest BCUT2D eigenvalue weighted by molar-refractivity contribution is 9.10. The minimum absolute atomic E-state index is 0.241. The first kappa shape index (κ1) is 20.7. The van der Waals surface area contributed by atoms with Crippen LogP contribution in [0.15, 0.2) is 45.3 Å². The summed E-state index contributed by atoms with van der Waals surface area (Å²) in [6, 6.07) is 7.50. The topological polar surface area (TPSA) is 129 Å². The molecular weight excluding hydrogens is 416 g/mol. The molecule has 0 spiro atoms. The van der Waals surface area contributed by atoms with Crippen LogP contribution in [0.4, 0.5) is 0 Å². The molecular formula is C15H15BrN2O6S. The van der Waals surface area contributed by atoms with Gasteiger partial charge >= 0.3 is 11.9 Å². The number of aliphatic carboxylic acids is 2. The summed E-state index contributed by atoms with van der Waals surface area (Å²) in [4.78, 5) is 33.7. The van der Waals surface area contributed by atoms with Crippen molar-refractivity contribution in [3.63, 3.8) is 0 Å². The van der Waals surface area contributed by atoms with Gasteiger partial charge in [0.25, 0.3) is 0 Å². The molecule has 2 rings (SSSR count). The maximum absolute atomic E-state index is 11.0. The van der Waals surface area contributed by atoms with Crippen molar-refractivity contribution in [3.05, 3.63) is 50.7 Å². The minimum atomic E-state index is -1.82. The maximum Gasteiger partial charge on any atom is 0.414 e.